The van der Waals surface area contributed by atoms with Gasteiger partial charge in [-0.2, -0.15) is 0 Å². The van der Waals surface area contributed by atoms with Gasteiger partial charge in [0.25, 0.3) is 23.6 Å². The van der Waals surface area contributed by atoms with Crippen LogP contribution in [0.4, 0.5) is 32.9 Å². The minimum absolute atomic E-state index is 0.00869. The fourth-order valence-corrected chi connectivity index (χ4v) is 7.52. The number of hydrogen-bond acceptors (Lipinski definition) is 13. The summed E-state index contributed by atoms with van der Waals surface area (Å²) in [6.07, 6.45) is 1.55. The second kappa shape index (κ2) is 15.0. The molecule has 0 bridgehead atoms. The zero-order valence-corrected chi connectivity index (χ0v) is 31.0. The molecule has 16 nitrogen and oxygen atoms in total. The number of anilines is 5. The van der Waals surface area contributed by atoms with Crippen molar-refractivity contribution in [2.45, 2.75) is 32.7 Å². The number of likely N-dealkylation sites (N-methyl/N-ethyl adjacent to an activating group) is 1. The van der Waals surface area contributed by atoms with E-state index in [0.717, 1.165) is 15.4 Å². The minimum Gasteiger partial charge on any atom is -0.354 e. The molecule has 2 aromatic carbocycles. The number of piperazine rings is 1. The Hall–Kier alpha value is -5.72. The summed E-state index contributed by atoms with van der Waals surface area (Å²) in [5.74, 6) is -1.44. The lowest BCUT2D eigenvalue weighted by Crippen LogP contribution is -2.54. The van der Waals surface area contributed by atoms with Crippen molar-refractivity contribution in [2.75, 3.05) is 54.1 Å². The van der Waals surface area contributed by atoms with Crippen molar-refractivity contribution in [2.24, 2.45) is 0 Å². The number of nitrogens with one attached hydrogen (secondary N) is 3. The molecule has 275 valence electrons. The van der Waals surface area contributed by atoms with Gasteiger partial charge in [-0.1, -0.05) is 41.1 Å². The molecular formula is C35H33BClN10O6S. The van der Waals surface area contributed by atoms with Gasteiger partial charge in [0.2, 0.25) is 5.91 Å². The molecule has 5 heterocycles. The number of carbonyl (C=O) groups excluding carboxylic acids is 6. The first kappa shape index (κ1) is 36.6. The van der Waals surface area contributed by atoms with E-state index >= 15 is 0 Å². The van der Waals surface area contributed by atoms with Crippen LogP contribution >= 0.6 is 22.9 Å². The Morgan fingerprint density at radius 2 is 1.72 bits per heavy atom. The van der Waals surface area contributed by atoms with Crippen LogP contribution < -0.4 is 20.9 Å². The van der Waals surface area contributed by atoms with Crippen molar-refractivity contribution in [3.63, 3.8) is 0 Å². The molecule has 1 radical (unpaired) electrons. The highest BCUT2D eigenvalue weighted by Gasteiger charge is 2.47. The number of aromatic nitrogens is 3. The Labute approximate surface area is 319 Å². The van der Waals surface area contributed by atoms with Crippen molar-refractivity contribution in [1.82, 2.24) is 29.6 Å². The summed E-state index contributed by atoms with van der Waals surface area (Å²) in [6, 6.07) is 10.6. The van der Waals surface area contributed by atoms with Crippen LogP contribution in [0, 0.1) is 13.8 Å². The average molecular weight is 768 g/mol. The van der Waals surface area contributed by atoms with Crippen LogP contribution in [0.15, 0.2) is 48.7 Å². The quantitative estimate of drug-likeness (QED) is 0.165. The van der Waals surface area contributed by atoms with Crippen LogP contribution in [0.3, 0.4) is 0 Å². The topological polar surface area (TPSA) is 190 Å². The molecule has 6 amide bonds. The number of benzene rings is 2. The third kappa shape index (κ3) is 7.27. The first-order chi connectivity index (χ1) is 25.9. The number of aryl methyl sites for hydroxylation is 2. The molecule has 19 heteroatoms. The van der Waals surface area contributed by atoms with Crippen LogP contribution in [0.1, 0.15) is 54.6 Å². The predicted molar refractivity (Wildman–Crippen MR) is 203 cm³/mol. The van der Waals surface area contributed by atoms with Crippen LogP contribution in [0.2, 0.25) is 5.02 Å². The van der Waals surface area contributed by atoms with Gasteiger partial charge in [0, 0.05) is 45.7 Å². The number of likely N-dealkylation sites (tertiary alicyclic amines) is 1. The Bertz CT molecular complexity index is 2210. The van der Waals surface area contributed by atoms with E-state index in [9.17, 15) is 28.8 Å². The lowest BCUT2D eigenvalue weighted by Gasteiger charge is -2.35. The van der Waals surface area contributed by atoms with E-state index in [4.69, 9.17) is 11.6 Å². The van der Waals surface area contributed by atoms with Gasteiger partial charge in [-0.3, -0.25) is 38.6 Å². The molecule has 0 saturated carbocycles. The molecule has 3 aliphatic heterocycles. The number of amides is 6. The largest absolute Gasteiger partial charge is 0.354 e. The fourth-order valence-electron chi connectivity index (χ4n) is 6.53. The minimum atomic E-state index is -1.10. The lowest BCUT2D eigenvalue weighted by molar-refractivity contribution is -0.149. The molecular weight excluding hydrogens is 735 g/mol. The molecule has 0 spiro atoms. The molecule has 3 aliphatic rings. The summed E-state index contributed by atoms with van der Waals surface area (Å²) in [5, 5.41) is 9.67. The summed E-state index contributed by atoms with van der Waals surface area (Å²) in [6.45, 7) is 5.70. The third-order valence-corrected chi connectivity index (χ3v) is 10.6. The van der Waals surface area contributed by atoms with Gasteiger partial charge < -0.3 is 25.7 Å². The van der Waals surface area contributed by atoms with Gasteiger partial charge in [-0.05, 0) is 44.0 Å². The average Bonchev–Trinajstić information content (AvgIpc) is 3.71. The summed E-state index contributed by atoms with van der Waals surface area (Å²) in [4.78, 5) is 97.2. The maximum atomic E-state index is 13.5. The maximum Gasteiger partial charge on any atom is 0.329 e. The number of para-hydroxylation sites is 1. The van der Waals surface area contributed by atoms with Crippen molar-refractivity contribution in [3.05, 3.63) is 81.1 Å². The Balaban J connectivity index is 0.943. The van der Waals surface area contributed by atoms with Crippen molar-refractivity contribution >= 4 is 93.8 Å². The molecule has 1 unspecified atom stereocenters. The Morgan fingerprint density at radius 1 is 0.963 bits per heavy atom. The normalized spacial score (nSPS) is 17.5. The van der Waals surface area contributed by atoms with Crippen LogP contribution in [0.5, 0.6) is 0 Å². The van der Waals surface area contributed by atoms with E-state index in [-0.39, 0.29) is 41.5 Å². The highest BCUT2D eigenvalue weighted by molar-refractivity contribution is 7.17. The maximum absolute atomic E-state index is 13.5. The number of imide groups is 2. The molecule has 7 rings (SSSR count). The molecule has 4 aromatic rings. The summed E-state index contributed by atoms with van der Waals surface area (Å²) in [5.41, 5.74) is 1.63. The van der Waals surface area contributed by atoms with Gasteiger partial charge in [0.1, 0.15) is 28.4 Å². The number of hydrogen-bond donors (Lipinski definition) is 3. The van der Waals surface area contributed by atoms with Crippen LogP contribution in [0.25, 0.3) is 0 Å². The van der Waals surface area contributed by atoms with Gasteiger partial charge in [0.05, 0.1) is 33.7 Å². The van der Waals surface area contributed by atoms with E-state index in [1.54, 1.807) is 25.1 Å². The third-order valence-electron chi connectivity index (χ3n) is 9.32. The molecule has 2 fully saturated rings. The number of thiazole rings is 1. The van der Waals surface area contributed by atoms with Crippen LogP contribution in [-0.4, -0.2) is 112 Å². The highest BCUT2D eigenvalue weighted by atomic mass is 35.5. The monoisotopic (exact) mass is 767 g/mol. The van der Waals surface area contributed by atoms with E-state index < -0.39 is 29.6 Å². The second-order valence-corrected chi connectivity index (χ2v) is 14.3. The van der Waals surface area contributed by atoms with Gasteiger partial charge >= 0.3 is 7.41 Å². The zero-order chi connectivity index (χ0) is 38.3. The number of piperidine rings is 1. The van der Waals surface area contributed by atoms with Gasteiger partial charge in [0.15, 0.2) is 10.9 Å². The number of rotatable bonds is 9. The SMILES string of the molecule is Cc1nc(Nc2ncc(C(=O)Nc3c(C)cccc3Cl)s2)cc(N2CCN([B]C(=O)Nc3cccc4c3C(=O)N(C3CCC(=O)N(C)C3=O)C4=O)CC2)n1. The summed E-state index contributed by atoms with van der Waals surface area (Å²) < 4.78 is 0. The number of carbonyl (C=O) groups is 6. The van der Waals surface area contributed by atoms with Crippen molar-refractivity contribution in [3.8, 4) is 0 Å². The number of fused-ring (bicyclic) bond motifs is 1. The van der Waals surface area contributed by atoms with E-state index in [1.807, 2.05) is 23.9 Å². The Morgan fingerprint density at radius 3 is 2.48 bits per heavy atom. The Kier molecular flexibility index (Phi) is 10.2. The molecule has 1 atom stereocenters. The standard InChI is InChI=1S/C35H33BClN10O6S/c1-18-6-4-8-21(37)29(18)43-30(49)24-17-38-35(54-24)42-25-16-26(40-19(2)39-25)45-12-14-46(15-13-45)36-34(53)41-22-9-5-7-20-28(22)33(52)47(31(20)50)23-10-11-27(48)44(3)32(23)51/h4-9,16-17,23H,10-15H2,1-3H3,(H,41,53)(H,43,49)(H,38,39,40,42). The molecule has 2 aromatic heterocycles. The number of halogens is 1. The summed E-state index contributed by atoms with van der Waals surface area (Å²) in [7, 11) is 2.75. The van der Waals surface area contributed by atoms with E-state index in [2.05, 4.69) is 35.8 Å². The first-order valence-electron chi connectivity index (χ1n) is 17.0. The van der Waals surface area contributed by atoms with Crippen molar-refractivity contribution < 1.29 is 28.8 Å². The molecule has 2 saturated heterocycles. The lowest BCUT2D eigenvalue weighted by atomic mass is 9.88. The van der Waals surface area contributed by atoms with Crippen LogP contribution in [-0.2, 0) is 9.59 Å². The second-order valence-electron chi connectivity index (χ2n) is 12.9. The van der Waals surface area contributed by atoms with Gasteiger partial charge in [-0.25, -0.2) is 15.0 Å². The summed E-state index contributed by atoms with van der Waals surface area (Å²) >= 11 is 7.44. The fraction of sp³-hybridized carbons (Fsp3) is 0.286. The zero-order valence-electron chi connectivity index (χ0n) is 29.4. The molecule has 0 aliphatic carbocycles. The predicted octanol–water partition coefficient (Wildman–Crippen LogP) is 3.92. The first-order valence-corrected chi connectivity index (χ1v) is 18.2. The van der Waals surface area contributed by atoms with Gasteiger partial charge in [-0.15, -0.1) is 0 Å². The molecule has 54 heavy (non-hydrogen) atoms. The highest BCUT2D eigenvalue weighted by Crippen LogP contribution is 2.34. The molecule has 3 N–H and O–H groups in total. The van der Waals surface area contributed by atoms with E-state index in [0.29, 0.717) is 64.4 Å². The number of nitrogens with zero attached hydrogens (tertiary/aromatic N) is 7. The van der Waals surface area contributed by atoms with Crippen molar-refractivity contribution in [1.29, 1.82) is 0 Å². The van der Waals surface area contributed by atoms with E-state index in [1.165, 1.54) is 44.1 Å². The smallest absolute Gasteiger partial charge is 0.329 e.